The smallest absolute Gasteiger partial charge is 0.249 e. The van der Waals surface area contributed by atoms with Crippen molar-refractivity contribution in [2.75, 3.05) is 32.8 Å². The standard InChI is InChI=1S/C13H25N3O3/c1-5-16(6-11(17)15-10(2)3)12(18)7-19-13(4)8-14-9-13/h10,14H,5-9H2,1-4H3,(H,15,17). The number of carbonyl (C=O) groups is 2. The third-order valence-electron chi connectivity index (χ3n) is 3.06. The summed E-state index contributed by atoms with van der Waals surface area (Å²) >= 11 is 0. The van der Waals surface area contributed by atoms with Crippen LogP contribution in [0.3, 0.4) is 0 Å². The Morgan fingerprint density at radius 2 is 2.05 bits per heavy atom. The lowest BCUT2D eigenvalue weighted by atomic mass is 10.0. The predicted octanol–water partition coefficient (Wildman–Crippen LogP) is -0.262. The van der Waals surface area contributed by atoms with E-state index in [2.05, 4.69) is 10.6 Å². The summed E-state index contributed by atoms with van der Waals surface area (Å²) < 4.78 is 5.59. The fourth-order valence-corrected chi connectivity index (χ4v) is 1.82. The van der Waals surface area contributed by atoms with Crippen LogP contribution in [-0.4, -0.2) is 61.1 Å². The normalized spacial score (nSPS) is 16.9. The summed E-state index contributed by atoms with van der Waals surface area (Å²) in [6.07, 6.45) is 0. The highest BCUT2D eigenvalue weighted by Crippen LogP contribution is 2.15. The fraction of sp³-hybridized carbons (Fsp3) is 0.846. The highest BCUT2D eigenvalue weighted by molar-refractivity contribution is 5.85. The van der Waals surface area contributed by atoms with E-state index in [4.69, 9.17) is 4.74 Å². The van der Waals surface area contributed by atoms with Gasteiger partial charge in [-0.05, 0) is 27.7 Å². The van der Waals surface area contributed by atoms with E-state index in [9.17, 15) is 9.59 Å². The SMILES string of the molecule is CCN(CC(=O)NC(C)C)C(=O)COC1(C)CNC1. The molecule has 6 heteroatoms. The average molecular weight is 271 g/mol. The van der Waals surface area contributed by atoms with Gasteiger partial charge in [-0.25, -0.2) is 0 Å². The first kappa shape index (κ1) is 15.9. The molecule has 0 atom stereocenters. The first-order chi connectivity index (χ1) is 8.86. The van der Waals surface area contributed by atoms with E-state index >= 15 is 0 Å². The largest absolute Gasteiger partial charge is 0.363 e. The van der Waals surface area contributed by atoms with Crippen LogP contribution in [0.15, 0.2) is 0 Å². The van der Waals surface area contributed by atoms with Crippen molar-refractivity contribution in [3.63, 3.8) is 0 Å². The average Bonchev–Trinajstić information content (AvgIpc) is 2.29. The highest BCUT2D eigenvalue weighted by Gasteiger charge is 2.33. The molecule has 0 spiro atoms. The Balaban J connectivity index is 2.36. The molecule has 0 aromatic rings. The topological polar surface area (TPSA) is 70.7 Å². The maximum atomic E-state index is 12.0. The molecule has 0 aromatic heterocycles. The van der Waals surface area contributed by atoms with Gasteiger partial charge in [0, 0.05) is 25.7 Å². The molecule has 110 valence electrons. The number of ether oxygens (including phenoxy) is 1. The van der Waals surface area contributed by atoms with Crippen LogP contribution < -0.4 is 10.6 Å². The molecule has 0 radical (unpaired) electrons. The van der Waals surface area contributed by atoms with Gasteiger partial charge in [-0.2, -0.15) is 0 Å². The molecular weight excluding hydrogens is 246 g/mol. The summed E-state index contributed by atoms with van der Waals surface area (Å²) in [7, 11) is 0. The van der Waals surface area contributed by atoms with Gasteiger partial charge in [-0.15, -0.1) is 0 Å². The molecule has 2 N–H and O–H groups in total. The van der Waals surface area contributed by atoms with Gasteiger partial charge in [0.1, 0.15) is 6.61 Å². The summed E-state index contributed by atoms with van der Waals surface area (Å²) in [5.41, 5.74) is -0.241. The molecule has 1 rings (SSSR count). The lowest BCUT2D eigenvalue weighted by molar-refractivity contribution is -0.148. The minimum atomic E-state index is -0.241. The molecule has 2 amide bonds. The maximum Gasteiger partial charge on any atom is 0.249 e. The lowest BCUT2D eigenvalue weighted by Crippen LogP contribution is -2.59. The maximum absolute atomic E-state index is 12.0. The van der Waals surface area contributed by atoms with Crippen LogP contribution in [0, 0.1) is 0 Å². The molecule has 1 heterocycles. The minimum absolute atomic E-state index is 0.0287. The Labute approximate surface area is 114 Å². The number of nitrogens with one attached hydrogen (secondary N) is 2. The van der Waals surface area contributed by atoms with Crippen LogP contribution in [0.2, 0.25) is 0 Å². The minimum Gasteiger partial charge on any atom is -0.363 e. The van der Waals surface area contributed by atoms with Gasteiger partial charge < -0.3 is 20.3 Å². The van der Waals surface area contributed by atoms with E-state index in [-0.39, 0.29) is 36.6 Å². The van der Waals surface area contributed by atoms with E-state index in [0.29, 0.717) is 6.54 Å². The second-order valence-electron chi connectivity index (χ2n) is 5.47. The Kier molecular flexibility index (Phi) is 5.75. The lowest BCUT2D eigenvalue weighted by Gasteiger charge is -2.39. The van der Waals surface area contributed by atoms with Crippen molar-refractivity contribution < 1.29 is 14.3 Å². The molecule has 19 heavy (non-hydrogen) atoms. The molecule has 0 aliphatic carbocycles. The van der Waals surface area contributed by atoms with Crippen LogP contribution in [-0.2, 0) is 14.3 Å². The number of amides is 2. The number of carbonyl (C=O) groups excluding carboxylic acids is 2. The molecule has 0 saturated carbocycles. The fourth-order valence-electron chi connectivity index (χ4n) is 1.82. The van der Waals surface area contributed by atoms with Gasteiger partial charge in [0.05, 0.1) is 12.1 Å². The molecule has 1 aliphatic rings. The second kappa shape index (κ2) is 6.86. The number of nitrogens with zero attached hydrogens (tertiary/aromatic N) is 1. The second-order valence-corrected chi connectivity index (χ2v) is 5.47. The Morgan fingerprint density at radius 1 is 1.42 bits per heavy atom. The first-order valence-electron chi connectivity index (χ1n) is 6.78. The van der Waals surface area contributed by atoms with Crippen LogP contribution in [0.1, 0.15) is 27.7 Å². The predicted molar refractivity (Wildman–Crippen MR) is 72.8 cm³/mol. The summed E-state index contributed by atoms with van der Waals surface area (Å²) in [6.45, 7) is 9.76. The van der Waals surface area contributed by atoms with Gasteiger partial charge in [0.2, 0.25) is 11.8 Å². The van der Waals surface area contributed by atoms with Crippen molar-refractivity contribution in [2.24, 2.45) is 0 Å². The molecule has 6 nitrogen and oxygen atoms in total. The van der Waals surface area contributed by atoms with Gasteiger partial charge in [-0.3, -0.25) is 9.59 Å². The monoisotopic (exact) mass is 271 g/mol. The summed E-state index contributed by atoms with van der Waals surface area (Å²) in [5.74, 6) is -0.281. The third-order valence-corrected chi connectivity index (χ3v) is 3.06. The Morgan fingerprint density at radius 3 is 2.47 bits per heavy atom. The van der Waals surface area contributed by atoms with E-state index in [1.54, 1.807) is 0 Å². The molecule has 0 unspecified atom stereocenters. The van der Waals surface area contributed by atoms with E-state index < -0.39 is 0 Å². The molecule has 0 bridgehead atoms. The van der Waals surface area contributed by atoms with E-state index in [1.807, 2.05) is 27.7 Å². The van der Waals surface area contributed by atoms with Crippen LogP contribution in [0.25, 0.3) is 0 Å². The zero-order valence-corrected chi connectivity index (χ0v) is 12.3. The van der Waals surface area contributed by atoms with E-state index in [0.717, 1.165) is 13.1 Å². The Bertz CT molecular complexity index is 327. The third kappa shape index (κ3) is 5.16. The van der Waals surface area contributed by atoms with Gasteiger partial charge in [0.15, 0.2) is 0 Å². The van der Waals surface area contributed by atoms with Crippen molar-refractivity contribution in [1.82, 2.24) is 15.5 Å². The van der Waals surface area contributed by atoms with Crippen molar-refractivity contribution >= 4 is 11.8 Å². The molecule has 1 fully saturated rings. The molecule has 1 aliphatic heterocycles. The van der Waals surface area contributed by atoms with E-state index in [1.165, 1.54) is 4.90 Å². The summed E-state index contributed by atoms with van der Waals surface area (Å²) in [6, 6.07) is 0.0810. The highest BCUT2D eigenvalue weighted by atomic mass is 16.5. The van der Waals surface area contributed by atoms with Crippen LogP contribution in [0.4, 0.5) is 0 Å². The summed E-state index contributed by atoms with van der Waals surface area (Å²) in [4.78, 5) is 25.1. The van der Waals surface area contributed by atoms with Crippen molar-refractivity contribution in [3.8, 4) is 0 Å². The van der Waals surface area contributed by atoms with Crippen molar-refractivity contribution in [1.29, 1.82) is 0 Å². The quantitative estimate of drug-likeness (QED) is 0.669. The first-order valence-corrected chi connectivity index (χ1v) is 6.78. The zero-order chi connectivity index (χ0) is 14.5. The number of likely N-dealkylation sites (N-methyl/N-ethyl adjacent to an activating group) is 1. The van der Waals surface area contributed by atoms with Crippen molar-refractivity contribution in [2.45, 2.75) is 39.3 Å². The van der Waals surface area contributed by atoms with Crippen molar-refractivity contribution in [3.05, 3.63) is 0 Å². The molecular formula is C13H25N3O3. The number of rotatable bonds is 7. The van der Waals surface area contributed by atoms with Gasteiger partial charge >= 0.3 is 0 Å². The van der Waals surface area contributed by atoms with Crippen LogP contribution in [0.5, 0.6) is 0 Å². The van der Waals surface area contributed by atoms with Gasteiger partial charge in [0.25, 0.3) is 0 Å². The zero-order valence-electron chi connectivity index (χ0n) is 12.3. The van der Waals surface area contributed by atoms with Gasteiger partial charge in [-0.1, -0.05) is 0 Å². The summed E-state index contributed by atoms with van der Waals surface area (Å²) in [5, 5.41) is 5.88. The Hall–Kier alpha value is -1.14. The molecule has 0 aromatic carbocycles. The van der Waals surface area contributed by atoms with Crippen LogP contribution >= 0.6 is 0 Å². The number of hydrogen-bond donors (Lipinski definition) is 2. The molecule has 1 saturated heterocycles. The number of hydrogen-bond acceptors (Lipinski definition) is 4.